The summed E-state index contributed by atoms with van der Waals surface area (Å²) in [6, 6.07) is 18.2. The van der Waals surface area contributed by atoms with E-state index < -0.39 is 0 Å². The number of nitrogens with one attached hydrogen (secondary N) is 1. The Bertz CT molecular complexity index is 606. The van der Waals surface area contributed by atoms with Gasteiger partial charge in [-0.05, 0) is 36.0 Å². The zero-order valence-electron chi connectivity index (χ0n) is 13.3. The van der Waals surface area contributed by atoms with E-state index in [1.807, 2.05) is 0 Å². The van der Waals surface area contributed by atoms with Crippen LogP contribution in [0.15, 0.2) is 48.5 Å². The van der Waals surface area contributed by atoms with Gasteiger partial charge in [-0.1, -0.05) is 67.9 Å². The van der Waals surface area contributed by atoms with Crippen LogP contribution in [0.1, 0.15) is 42.0 Å². The average Bonchev–Trinajstić information content (AvgIpc) is 2.43. The number of hydrogen-bond donors (Lipinski definition) is 1. The molecule has 1 aliphatic heterocycles. The minimum atomic E-state index is 0.283. The second kappa shape index (κ2) is 5.65. The van der Waals surface area contributed by atoms with Gasteiger partial charge in [0.05, 0.1) is 0 Å². The van der Waals surface area contributed by atoms with E-state index in [1.54, 1.807) is 0 Å². The SMILES string of the molecule is Cc1cccc(C2(Cc3ccc(C(C)C)cc3)CNC2)c1. The van der Waals surface area contributed by atoms with Crippen molar-refractivity contribution in [2.24, 2.45) is 0 Å². The van der Waals surface area contributed by atoms with Gasteiger partial charge in [0, 0.05) is 18.5 Å². The molecule has 0 unspecified atom stereocenters. The van der Waals surface area contributed by atoms with Gasteiger partial charge in [-0.2, -0.15) is 0 Å². The Hall–Kier alpha value is -1.60. The van der Waals surface area contributed by atoms with Gasteiger partial charge in [0.15, 0.2) is 0 Å². The molecule has 0 spiro atoms. The highest BCUT2D eigenvalue weighted by Gasteiger charge is 2.38. The molecule has 1 fully saturated rings. The molecule has 110 valence electrons. The normalized spacial score (nSPS) is 16.8. The monoisotopic (exact) mass is 279 g/mol. The first-order valence-corrected chi connectivity index (χ1v) is 7.96. The lowest BCUT2D eigenvalue weighted by Crippen LogP contribution is -2.58. The van der Waals surface area contributed by atoms with Gasteiger partial charge in [0.2, 0.25) is 0 Å². The molecule has 0 bridgehead atoms. The van der Waals surface area contributed by atoms with Crippen LogP contribution < -0.4 is 5.32 Å². The maximum absolute atomic E-state index is 3.47. The first kappa shape index (κ1) is 14.3. The molecule has 0 saturated carbocycles. The number of rotatable bonds is 4. The average molecular weight is 279 g/mol. The Morgan fingerprint density at radius 3 is 2.29 bits per heavy atom. The van der Waals surface area contributed by atoms with Crippen molar-refractivity contribution >= 4 is 0 Å². The Kier molecular flexibility index (Phi) is 3.86. The summed E-state index contributed by atoms with van der Waals surface area (Å²) in [5.41, 5.74) is 5.99. The van der Waals surface area contributed by atoms with Crippen molar-refractivity contribution in [2.45, 2.75) is 38.5 Å². The second-order valence-corrected chi connectivity index (χ2v) is 6.83. The first-order chi connectivity index (χ1) is 10.1. The van der Waals surface area contributed by atoms with Crippen LogP contribution in [0.25, 0.3) is 0 Å². The zero-order valence-corrected chi connectivity index (χ0v) is 13.3. The number of benzene rings is 2. The summed E-state index contributed by atoms with van der Waals surface area (Å²) >= 11 is 0. The van der Waals surface area contributed by atoms with Gasteiger partial charge >= 0.3 is 0 Å². The predicted octanol–water partition coefficient (Wildman–Crippen LogP) is 4.20. The van der Waals surface area contributed by atoms with Gasteiger partial charge in [-0.25, -0.2) is 0 Å². The van der Waals surface area contributed by atoms with Crippen molar-refractivity contribution in [1.82, 2.24) is 5.32 Å². The molecule has 3 rings (SSSR count). The molecule has 0 radical (unpaired) electrons. The molecule has 21 heavy (non-hydrogen) atoms. The van der Waals surface area contributed by atoms with Crippen LogP contribution >= 0.6 is 0 Å². The molecule has 0 aliphatic carbocycles. The van der Waals surface area contributed by atoms with E-state index in [0.29, 0.717) is 5.92 Å². The minimum absolute atomic E-state index is 0.283. The Morgan fingerprint density at radius 1 is 1.05 bits per heavy atom. The highest BCUT2D eigenvalue weighted by Crippen LogP contribution is 2.33. The van der Waals surface area contributed by atoms with Crippen LogP contribution in [0.3, 0.4) is 0 Å². The molecule has 2 aromatic carbocycles. The second-order valence-electron chi connectivity index (χ2n) is 6.83. The summed E-state index contributed by atoms with van der Waals surface area (Å²) in [7, 11) is 0. The van der Waals surface area contributed by atoms with E-state index in [9.17, 15) is 0 Å². The van der Waals surface area contributed by atoms with Crippen LogP contribution in [0, 0.1) is 6.92 Å². The fourth-order valence-corrected chi connectivity index (χ4v) is 3.24. The van der Waals surface area contributed by atoms with Gasteiger partial charge in [-0.3, -0.25) is 0 Å². The van der Waals surface area contributed by atoms with E-state index in [-0.39, 0.29) is 5.41 Å². The molecular weight excluding hydrogens is 254 g/mol. The largest absolute Gasteiger partial charge is 0.315 e. The predicted molar refractivity (Wildman–Crippen MR) is 90.0 cm³/mol. The highest BCUT2D eigenvalue weighted by molar-refractivity contribution is 5.36. The van der Waals surface area contributed by atoms with Crippen LogP contribution in [0.5, 0.6) is 0 Å². The molecule has 1 N–H and O–H groups in total. The van der Waals surface area contributed by atoms with E-state index in [0.717, 1.165) is 19.5 Å². The maximum atomic E-state index is 3.47. The molecule has 0 amide bonds. The molecule has 0 atom stereocenters. The number of aryl methyl sites for hydroxylation is 1. The summed E-state index contributed by atoms with van der Waals surface area (Å²) in [6.45, 7) is 8.85. The lowest BCUT2D eigenvalue weighted by Gasteiger charge is -2.43. The Balaban J connectivity index is 1.84. The third-order valence-electron chi connectivity index (χ3n) is 4.75. The lowest BCUT2D eigenvalue weighted by molar-refractivity contribution is 0.274. The van der Waals surface area contributed by atoms with Crippen molar-refractivity contribution < 1.29 is 0 Å². The summed E-state index contributed by atoms with van der Waals surface area (Å²) in [5.74, 6) is 0.607. The van der Waals surface area contributed by atoms with Crippen molar-refractivity contribution in [3.05, 3.63) is 70.8 Å². The minimum Gasteiger partial charge on any atom is -0.315 e. The van der Waals surface area contributed by atoms with Crippen LogP contribution in [-0.2, 0) is 11.8 Å². The highest BCUT2D eigenvalue weighted by atomic mass is 15.0. The van der Waals surface area contributed by atoms with Crippen LogP contribution in [-0.4, -0.2) is 13.1 Å². The summed E-state index contributed by atoms with van der Waals surface area (Å²) < 4.78 is 0. The first-order valence-electron chi connectivity index (χ1n) is 7.96. The van der Waals surface area contributed by atoms with Gasteiger partial charge < -0.3 is 5.32 Å². The van der Waals surface area contributed by atoms with Crippen molar-refractivity contribution in [3.8, 4) is 0 Å². The molecule has 1 heterocycles. The van der Waals surface area contributed by atoms with Gasteiger partial charge in [-0.15, -0.1) is 0 Å². The molecule has 1 nitrogen and oxygen atoms in total. The topological polar surface area (TPSA) is 12.0 Å². The standard InChI is InChI=1S/C20H25N/c1-15(2)18-9-7-17(8-10-18)12-20(13-21-14-20)19-6-4-5-16(3)11-19/h4-11,15,21H,12-14H2,1-3H3. The molecule has 1 saturated heterocycles. The third kappa shape index (κ3) is 2.89. The molecule has 2 aromatic rings. The van der Waals surface area contributed by atoms with Gasteiger partial charge in [0.25, 0.3) is 0 Å². The fourth-order valence-electron chi connectivity index (χ4n) is 3.24. The van der Waals surface area contributed by atoms with E-state index in [1.165, 1.54) is 22.3 Å². The fraction of sp³-hybridized carbons (Fsp3) is 0.400. The third-order valence-corrected chi connectivity index (χ3v) is 4.75. The van der Waals surface area contributed by atoms with E-state index >= 15 is 0 Å². The quantitative estimate of drug-likeness (QED) is 0.884. The lowest BCUT2D eigenvalue weighted by atomic mass is 9.70. The van der Waals surface area contributed by atoms with E-state index in [2.05, 4.69) is 74.6 Å². The van der Waals surface area contributed by atoms with Gasteiger partial charge in [0.1, 0.15) is 0 Å². The molecule has 1 heteroatoms. The van der Waals surface area contributed by atoms with Crippen molar-refractivity contribution in [3.63, 3.8) is 0 Å². The summed E-state index contributed by atoms with van der Waals surface area (Å²) in [5, 5.41) is 3.47. The molecule has 1 aliphatic rings. The summed E-state index contributed by atoms with van der Waals surface area (Å²) in [6.07, 6.45) is 1.13. The van der Waals surface area contributed by atoms with Crippen LogP contribution in [0.4, 0.5) is 0 Å². The number of hydrogen-bond acceptors (Lipinski definition) is 1. The maximum Gasteiger partial charge on any atom is 0.0243 e. The smallest absolute Gasteiger partial charge is 0.0243 e. The van der Waals surface area contributed by atoms with E-state index in [4.69, 9.17) is 0 Å². The van der Waals surface area contributed by atoms with Crippen molar-refractivity contribution in [2.75, 3.05) is 13.1 Å². The Labute approximate surface area is 128 Å². The zero-order chi connectivity index (χ0) is 14.9. The summed E-state index contributed by atoms with van der Waals surface area (Å²) in [4.78, 5) is 0. The van der Waals surface area contributed by atoms with Crippen LogP contribution in [0.2, 0.25) is 0 Å². The molecular formula is C20H25N. The Morgan fingerprint density at radius 2 is 1.76 bits per heavy atom. The van der Waals surface area contributed by atoms with Crippen molar-refractivity contribution in [1.29, 1.82) is 0 Å². The molecule has 0 aromatic heterocycles.